The lowest BCUT2D eigenvalue weighted by atomic mass is 9.97. The van der Waals surface area contributed by atoms with Crippen LogP contribution in [0.5, 0.6) is 5.75 Å². The summed E-state index contributed by atoms with van der Waals surface area (Å²) in [5.74, 6) is 0.890. The molecule has 0 aliphatic rings. The molecule has 0 spiro atoms. The van der Waals surface area contributed by atoms with E-state index in [1.165, 1.54) is 16.7 Å². The maximum absolute atomic E-state index is 5.59. The van der Waals surface area contributed by atoms with Gasteiger partial charge in [-0.2, -0.15) is 0 Å². The molecule has 2 aromatic rings. The third-order valence-corrected chi connectivity index (χ3v) is 3.99. The second kappa shape index (κ2) is 7.62. The van der Waals surface area contributed by atoms with Gasteiger partial charge in [0.25, 0.3) is 0 Å². The topological polar surface area (TPSA) is 21.3 Å². The Balaban J connectivity index is 2.36. The largest absolute Gasteiger partial charge is 0.493 e. The molecule has 0 bridgehead atoms. The van der Waals surface area contributed by atoms with Crippen LogP contribution >= 0.6 is 15.9 Å². The fourth-order valence-electron chi connectivity index (χ4n) is 2.45. The Kier molecular flexibility index (Phi) is 5.83. The van der Waals surface area contributed by atoms with E-state index in [1.807, 2.05) is 13.0 Å². The zero-order valence-electron chi connectivity index (χ0n) is 12.8. The molecular formula is C18H22BrNO. The van der Waals surface area contributed by atoms with Gasteiger partial charge < -0.3 is 10.1 Å². The number of rotatable bonds is 6. The van der Waals surface area contributed by atoms with Crippen LogP contribution in [0.1, 0.15) is 36.6 Å². The standard InChI is InChI=1S/C18H22BrNO/c1-4-20-18(14-8-6-7-13(3)11-14)15-9-10-17(21-5-2)16(19)12-15/h6-12,18,20H,4-5H2,1-3H3. The van der Waals surface area contributed by atoms with Gasteiger partial charge in [-0.1, -0.05) is 42.8 Å². The first-order valence-corrected chi connectivity index (χ1v) is 8.17. The van der Waals surface area contributed by atoms with E-state index in [-0.39, 0.29) is 6.04 Å². The van der Waals surface area contributed by atoms with Crippen molar-refractivity contribution in [1.82, 2.24) is 5.32 Å². The van der Waals surface area contributed by atoms with E-state index in [0.29, 0.717) is 6.61 Å². The fraction of sp³-hybridized carbons (Fsp3) is 0.333. The van der Waals surface area contributed by atoms with Crippen molar-refractivity contribution in [2.45, 2.75) is 26.8 Å². The van der Waals surface area contributed by atoms with Gasteiger partial charge in [0.2, 0.25) is 0 Å². The van der Waals surface area contributed by atoms with E-state index in [9.17, 15) is 0 Å². The van der Waals surface area contributed by atoms with Gasteiger partial charge in [0.15, 0.2) is 0 Å². The lowest BCUT2D eigenvalue weighted by molar-refractivity contribution is 0.338. The highest BCUT2D eigenvalue weighted by Crippen LogP contribution is 2.31. The van der Waals surface area contributed by atoms with Crippen molar-refractivity contribution in [3.05, 3.63) is 63.6 Å². The highest BCUT2D eigenvalue weighted by Gasteiger charge is 2.14. The van der Waals surface area contributed by atoms with E-state index < -0.39 is 0 Å². The summed E-state index contributed by atoms with van der Waals surface area (Å²) < 4.78 is 6.59. The molecule has 1 atom stereocenters. The summed E-state index contributed by atoms with van der Waals surface area (Å²) in [4.78, 5) is 0. The SMILES string of the molecule is CCNC(c1cccc(C)c1)c1ccc(OCC)c(Br)c1. The molecule has 0 radical (unpaired) electrons. The average Bonchev–Trinajstić information content (AvgIpc) is 2.47. The van der Waals surface area contributed by atoms with Crippen LogP contribution in [0.3, 0.4) is 0 Å². The Hall–Kier alpha value is -1.32. The van der Waals surface area contributed by atoms with Gasteiger partial charge in [0, 0.05) is 0 Å². The lowest BCUT2D eigenvalue weighted by Gasteiger charge is -2.20. The van der Waals surface area contributed by atoms with Crippen LogP contribution in [0.15, 0.2) is 46.9 Å². The molecule has 0 saturated carbocycles. The molecule has 0 aliphatic heterocycles. The zero-order valence-corrected chi connectivity index (χ0v) is 14.4. The van der Waals surface area contributed by atoms with Crippen molar-refractivity contribution in [2.24, 2.45) is 0 Å². The molecule has 2 aromatic carbocycles. The van der Waals surface area contributed by atoms with Crippen molar-refractivity contribution < 1.29 is 4.74 Å². The molecule has 2 nitrogen and oxygen atoms in total. The van der Waals surface area contributed by atoms with Crippen molar-refractivity contribution in [2.75, 3.05) is 13.2 Å². The Morgan fingerprint density at radius 3 is 2.48 bits per heavy atom. The van der Waals surface area contributed by atoms with Crippen LogP contribution in [-0.2, 0) is 0 Å². The molecule has 0 aliphatic carbocycles. The Bertz CT molecular complexity index is 598. The van der Waals surface area contributed by atoms with Crippen molar-refractivity contribution in [3.63, 3.8) is 0 Å². The van der Waals surface area contributed by atoms with Gasteiger partial charge in [0.1, 0.15) is 5.75 Å². The van der Waals surface area contributed by atoms with E-state index in [4.69, 9.17) is 4.74 Å². The minimum atomic E-state index is 0.196. The molecule has 0 amide bonds. The van der Waals surface area contributed by atoms with Crippen molar-refractivity contribution in [3.8, 4) is 5.75 Å². The maximum Gasteiger partial charge on any atom is 0.133 e. The van der Waals surface area contributed by atoms with Gasteiger partial charge in [0.05, 0.1) is 17.1 Å². The molecular weight excluding hydrogens is 326 g/mol. The first-order valence-electron chi connectivity index (χ1n) is 7.37. The summed E-state index contributed by atoms with van der Waals surface area (Å²) in [6, 6.07) is 15.1. The first kappa shape index (κ1) is 16.1. The highest BCUT2D eigenvalue weighted by atomic mass is 79.9. The second-order valence-corrected chi connectivity index (χ2v) is 5.88. The summed E-state index contributed by atoms with van der Waals surface area (Å²) in [7, 11) is 0. The fourth-order valence-corrected chi connectivity index (χ4v) is 2.96. The lowest BCUT2D eigenvalue weighted by Crippen LogP contribution is -2.22. The summed E-state index contributed by atoms with van der Waals surface area (Å²) in [6.45, 7) is 7.84. The van der Waals surface area contributed by atoms with Gasteiger partial charge in [-0.05, 0) is 59.6 Å². The highest BCUT2D eigenvalue weighted by molar-refractivity contribution is 9.10. The van der Waals surface area contributed by atoms with Gasteiger partial charge >= 0.3 is 0 Å². The van der Waals surface area contributed by atoms with E-state index in [2.05, 4.69) is 71.5 Å². The number of benzene rings is 2. The molecule has 0 fully saturated rings. The minimum Gasteiger partial charge on any atom is -0.493 e. The molecule has 0 heterocycles. The predicted molar refractivity (Wildman–Crippen MR) is 92.0 cm³/mol. The van der Waals surface area contributed by atoms with E-state index in [1.54, 1.807) is 0 Å². The number of ether oxygens (including phenoxy) is 1. The van der Waals surface area contributed by atoms with Gasteiger partial charge in [-0.3, -0.25) is 0 Å². The van der Waals surface area contributed by atoms with Crippen molar-refractivity contribution in [1.29, 1.82) is 0 Å². The van der Waals surface area contributed by atoms with Crippen LogP contribution in [-0.4, -0.2) is 13.2 Å². The summed E-state index contributed by atoms with van der Waals surface area (Å²) in [5.41, 5.74) is 3.80. The third-order valence-electron chi connectivity index (χ3n) is 3.37. The predicted octanol–water partition coefficient (Wildman–Crippen LogP) is 4.86. The molecule has 1 N–H and O–H groups in total. The van der Waals surface area contributed by atoms with Crippen LogP contribution < -0.4 is 10.1 Å². The Labute approximate surface area is 135 Å². The summed E-state index contributed by atoms with van der Waals surface area (Å²) in [5, 5.41) is 3.56. The number of halogens is 1. The number of nitrogens with one attached hydrogen (secondary N) is 1. The normalized spacial score (nSPS) is 12.2. The first-order chi connectivity index (χ1) is 10.2. The van der Waals surface area contributed by atoms with Crippen LogP contribution in [0.2, 0.25) is 0 Å². The molecule has 21 heavy (non-hydrogen) atoms. The molecule has 0 saturated heterocycles. The molecule has 2 rings (SSSR count). The Morgan fingerprint density at radius 2 is 1.86 bits per heavy atom. The zero-order chi connectivity index (χ0) is 15.2. The quantitative estimate of drug-likeness (QED) is 0.805. The van der Waals surface area contributed by atoms with Gasteiger partial charge in [-0.25, -0.2) is 0 Å². The van der Waals surface area contributed by atoms with Crippen LogP contribution in [0, 0.1) is 6.92 Å². The molecule has 3 heteroatoms. The summed E-state index contributed by atoms with van der Waals surface area (Å²) >= 11 is 3.60. The molecule has 1 unspecified atom stereocenters. The monoisotopic (exact) mass is 347 g/mol. The number of aryl methyl sites for hydroxylation is 1. The maximum atomic E-state index is 5.59. The summed E-state index contributed by atoms with van der Waals surface area (Å²) in [6.07, 6.45) is 0. The van der Waals surface area contributed by atoms with E-state index >= 15 is 0 Å². The number of hydrogen-bond acceptors (Lipinski definition) is 2. The van der Waals surface area contributed by atoms with Crippen LogP contribution in [0.4, 0.5) is 0 Å². The average molecular weight is 348 g/mol. The van der Waals surface area contributed by atoms with Crippen LogP contribution in [0.25, 0.3) is 0 Å². The molecule has 112 valence electrons. The van der Waals surface area contributed by atoms with Gasteiger partial charge in [-0.15, -0.1) is 0 Å². The minimum absolute atomic E-state index is 0.196. The second-order valence-electron chi connectivity index (χ2n) is 5.03. The van der Waals surface area contributed by atoms with Crippen molar-refractivity contribution >= 4 is 15.9 Å². The third kappa shape index (κ3) is 4.08. The van der Waals surface area contributed by atoms with E-state index in [0.717, 1.165) is 16.8 Å². The smallest absolute Gasteiger partial charge is 0.133 e. The number of hydrogen-bond donors (Lipinski definition) is 1. The molecule has 0 aromatic heterocycles. The Morgan fingerprint density at radius 1 is 1.10 bits per heavy atom.